The SMILES string of the molecule is CCCN1C(=O)C(Cc2ccc(C)cc2C)Oc2cc(N)ccc21. The van der Waals surface area contributed by atoms with Crippen LogP contribution in [0.2, 0.25) is 0 Å². The molecule has 1 aliphatic rings. The van der Waals surface area contributed by atoms with Gasteiger partial charge in [0.25, 0.3) is 5.91 Å². The van der Waals surface area contributed by atoms with Crippen LogP contribution >= 0.6 is 0 Å². The molecule has 0 bridgehead atoms. The predicted octanol–water partition coefficient (Wildman–Crippen LogP) is 3.63. The summed E-state index contributed by atoms with van der Waals surface area (Å²) in [7, 11) is 0. The van der Waals surface area contributed by atoms with Crippen molar-refractivity contribution in [3.63, 3.8) is 0 Å². The van der Waals surface area contributed by atoms with Crippen LogP contribution in [0.5, 0.6) is 5.75 Å². The number of nitrogens with zero attached hydrogens (tertiary/aromatic N) is 1. The van der Waals surface area contributed by atoms with Crippen LogP contribution in [0.1, 0.15) is 30.0 Å². The summed E-state index contributed by atoms with van der Waals surface area (Å²) in [4.78, 5) is 14.7. The van der Waals surface area contributed by atoms with Crippen LogP contribution in [0.4, 0.5) is 11.4 Å². The predicted molar refractivity (Wildman–Crippen MR) is 97.5 cm³/mol. The molecule has 0 fully saturated rings. The number of benzene rings is 2. The van der Waals surface area contributed by atoms with Crippen LogP contribution in [0, 0.1) is 13.8 Å². The van der Waals surface area contributed by atoms with Gasteiger partial charge in [-0.05, 0) is 43.5 Å². The lowest BCUT2D eigenvalue weighted by Crippen LogP contribution is -2.47. The van der Waals surface area contributed by atoms with Gasteiger partial charge in [-0.15, -0.1) is 0 Å². The van der Waals surface area contributed by atoms with Gasteiger partial charge in [-0.2, -0.15) is 0 Å². The van der Waals surface area contributed by atoms with E-state index in [1.54, 1.807) is 6.07 Å². The van der Waals surface area contributed by atoms with Gasteiger partial charge in [-0.3, -0.25) is 4.79 Å². The first-order valence-corrected chi connectivity index (χ1v) is 8.43. The third kappa shape index (κ3) is 3.09. The Morgan fingerprint density at radius 3 is 2.67 bits per heavy atom. The van der Waals surface area contributed by atoms with E-state index in [-0.39, 0.29) is 5.91 Å². The molecule has 1 heterocycles. The Morgan fingerprint density at radius 2 is 1.96 bits per heavy atom. The van der Waals surface area contributed by atoms with Gasteiger partial charge in [0.1, 0.15) is 5.75 Å². The molecule has 2 aromatic carbocycles. The number of carbonyl (C=O) groups excluding carboxylic acids is 1. The Morgan fingerprint density at radius 1 is 1.17 bits per heavy atom. The minimum Gasteiger partial charge on any atom is -0.478 e. The Hall–Kier alpha value is -2.49. The Labute approximate surface area is 143 Å². The van der Waals surface area contributed by atoms with E-state index >= 15 is 0 Å². The quantitative estimate of drug-likeness (QED) is 0.874. The summed E-state index contributed by atoms with van der Waals surface area (Å²) in [5.74, 6) is 0.715. The maximum atomic E-state index is 12.9. The summed E-state index contributed by atoms with van der Waals surface area (Å²) in [5.41, 5.74) is 10.9. The van der Waals surface area contributed by atoms with Crippen molar-refractivity contribution in [1.29, 1.82) is 0 Å². The minimum absolute atomic E-state index is 0.0223. The highest BCUT2D eigenvalue weighted by Gasteiger charge is 2.34. The average molecular weight is 324 g/mol. The van der Waals surface area contributed by atoms with Gasteiger partial charge in [0.05, 0.1) is 5.69 Å². The number of nitrogen functional groups attached to an aromatic ring is 1. The van der Waals surface area contributed by atoms with E-state index in [1.165, 1.54) is 11.1 Å². The van der Waals surface area contributed by atoms with Crippen molar-refractivity contribution in [3.8, 4) is 5.75 Å². The monoisotopic (exact) mass is 324 g/mol. The maximum absolute atomic E-state index is 12.9. The fourth-order valence-corrected chi connectivity index (χ4v) is 3.20. The normalized spacial score (nSPS) is 16.7. The van der Waals surface area contributed by atoms with Crippen molar-refractivity contribution < 1.29 is 9.53 Å². The third-order valence-corrected chi connectivity index (χ3v) is 4.44. The first-order chi connectivity index (χ1) is 11.5. The number of aryl methyl sites for hydroxylation is 2. The van der Waals surface area contributed by atoms with Crippen molar-refractivity contribution in [1.82, 2.24) is 0 Å². The molecule has 24 heavy (non-hydrogen) atoms. The van der Waals surface area contributed by atoms with Crippen molar-refractivity contribution in [2.75, 3.05) is 17.2 Å². The summed E-state index contributed by atoms with van der Waals surface area (Å²) in [6.45, 7) is 6.90. The lowest BCUT2D eigenvalue weighted by Gasteiger charge is -2.34. The lowest BCUT2D eigenvalue weighted by atomic mass is 9.98. The van der Waals surface area contributed by atoms with Crippen molar-refractivity contribution in [3.05, 3.63) is 53.1 Å². The molecule has 0 aromatic heterocycles. The van der Waals surface area contributed by atoms with Gasteiger partial charge in [-0.1, -0.05) is 30.7 Å². The fourth-order valence-electron chi connectivity index (χ4n) is 3.20. The zero-order valence-corrected chi connectivity index (χ0v) is 14.5. The maximum Gasteiger partial charge on any atom is 0.268 e. The fraction of sp³-hybridized carbons (Fsp3) is 0.350. The van der Waals surface area contributed by atoms with E-state index in [9.17, 15) is 4.79 Å². The Kier molecular flexibility index (Phi) is 4.47. The Bertz CT molecular complexity index is 770. The molecule has 1 aliphatic heterocycles. The second-order valence-corrected chi connectivity index (χ2v) is 6.46. The number of fused-ring (bicyclic) bond motifs is 1. The second kappa shape index (κ2) is 6.56. The molecule has 0 saturated carbocycles. The number of carbonyl (C=O) groups is 1. The molecule has 3 rings (SSSR count). The summed E-state index contributed by atoms with van der Waals surface area (Å²) in [6.07, 6.45) is 0.956. The molecule has 0 saturated heterocycles. The topological polar surface area (TPSA) is 55.6 Å². The van der Waals surface area contributed by atoms with E-state index in [4.69, 9.17) is 10.5 Å². The number of nitrogens with two attached hydrogens (primary N) is 1. The van der Waals surface area contributed by atoms with Gasteiger partial charge in [0.2, 0.25) is 0 Å². The van der Waals surface area contributed by atoms with Crippen LogP contribution in [-0.4, -0.2) is 18.6 Å². The molecule has 0 spiro atoms. The number of ether oxygens (including phenoxy) is 1. The molecule has 2 aromatic rings. The zero-order chi connectivity index (χ0) is 17.3. The van der Waals surface area contributed by atoms with E-state index < -0.39 is 6.10 Å². The van der Waals surface area contributed by atoms with Gasteiger partial charge in [0, 0.05) is 24.7 Å². The van der Waals surface area contributed by atoms with E-state index in [0.29, 0.717) is 24.4 Å². The molecular weight excluding hydrogens is 300 g/mol. The van der Waals surface area contributed by atoms with Crippen LogP contribution in [0.25, 0.3) is 0 Å². The van der Waals surface area contributed by atoms with Crippen molar-refractivity contribution in [2.24, 2.45) is 0 Å². The molecule has 0 aliphatic carbocycles. The average Bonchev–Trinajstić information content (AvgIpc) is 2.53. The Balaban J connectivity index is 1.93. The summed E-state index contributed by atoms with van der Waals surface area (Å²) < 4.78 is 6.02. The molecule has 4 nitrogen and oxygen atoms in total. The molecule has 1 amide bonds. The van der Waals surface area contributed by atoms with E-state index in [2.05, 4.69) is 39.0 Å². The standard InChI is InChI=1S/C20H24N2O2/c1-4-9-22-17-8-7-16(21)12-18(17)24-19(20(22)23)11-15-6-5-13(2)10-14(15)3/h5-8,10,12,19H,4,9,11,21H2,1-3H3. The van der Waals surface area contributed by atoms with Gasteiger partial charge >= 0.3 is 0 Å². The van der Waals surface area contributed by atoms with Crippen molar-refractivity contribution in [2.45, 2.75) is 39.7 Å². The molecule has 4 heteroatoms. The minimum atomic E-state index is -0.507. The molecule has 1 unspecified atom stereocenters. The lowest BCUT2D eigenvalue weighted by molar-refractivity contribution is -0.126. The highest BCUT2D eigenvalue weighted by atomic mass is 16.5. The van der Waals surface area contributed by atoms with Crippen LogP contribution in [-0.2, 0) is 11.2 Å². The summed E-state index contributed by atoms with van der Waals surface area (Å²) in [6, 6.07) is 11.8. The first kappa shape index (κ1) is 16.4. The second-order valence-electron chi connectivity index (χ2n) is 6.46. The van der Waals surface area contributed by atoms with Gasteiger partial charge in [0.15, 0.2) is 6.10 Å². The molecule has 2 N–H and O–H groups in total. The third-order valence-electron chi connectivity index (χ3n) is 4.44. The smallest absolute Gasteiger partial charge is 0.268 e. The zero-order valence-electron chi connectivity index (χ0n) is 14.5. The number of rotatable bonds is 4. The highest BCUT2D eigenvalue weighted by Crippen LogP contribution is 2.36. The molecule has 1 atom stereocenters. The first-order valence-electron chi connectivity index (χ1n) is 8.43. The van der Waals surface area contributed by atoms with E-state index in [1.807, 2.05) is 17.0 Å². The number of amides is 1. The summed E-state index contributed by atoms with van der Waals surface area (Å²) in [5, 5.41) is 0. The van der Waals surface area contributed by atoms with Gasteiger partial charge < -0.3 is 15.4 Å². The number of anilines is 2. The molecule has 126 valence electrons. The van der Waals surface area contributed by atoms with E-state index in [0.717, 1.165) is 17.7 Å². The van der Waals surface area contributed by atoms with Crippen LogP contribution < -0.4 is 15.4 Å². The number of hydrogen-bond donors (Lipinski definition) is 1. The van der Waals surface area contributed by atoms with Crippen LogP contribution in [0.3, 0.4) is 0 Å². The van der Waals surface area contributed by atoms with Gasteiger partial charge in [-0.25, -0.2) is 0 Å². The van der Waals surface area contributed by atoms with Crippen molar-refractivity contribution >= 4 is 17.3 Å². The van der Waals surface area contributed by atoms with Crippen LogP contribution in [0.15, 0.2) is 36.4 Å². The molecular formula is C20H24N2O2. The largest absolute Gasteiger partial charge is 0.478 e. The number of hydrogen-bond acceptors (Lipinski definition) is 3. The molecule has 0 radical (unpaired) electrons. The highest BCUT2D eigenvalue weighted by molar-refractivity contribution is 6.00. The summed E-state index contributed by atoms with van der Waals surface area (Å²) >= 11 is 0.